The van der Waals surface area contributed by atoms with Crippen LogP contribution in [0.3, 0.4) is 0 Å². The molecule has 2 nitrogen and oxygen atoms in total. The first kappa shape index (κ1) is 23.0. The number of para-hydroxylation sites is 4. The zero-order chi connectivity index (χ0) is 26.5. The van der Waals surface area contributed by atoms with Gasteiger partial charge in [0.05, 0.1) is 0 Å². The highest BCUT2D eigenvalue weighted by Crippen LogP contribution is 2.28. The SMILES string of the molecule is c1ccc(-c2c(B3c4ccccc4Oc4ccccc43)cccc2B2c3ccccc3Oc3ccccc32)cc1. The monoisotopic (exact) mass is 510 g/mol. The van der Waals surface area contributed by atoms with Gasteiger partial charge in [-0.2, -0.15) is 0 Å². The van der Waals surface area contributed by atoms with Crippen LogP contribution in [0.5, 0.6) is 23.0 Å². The van der Waals surface area contributed by atoms with E-state index in [4.69, 9.17) is 9.47 Å². The molecular formula is C36H24B2O2. The maximum absolute atomic E-state index is 6.40. The molecule has 2 aliphatic rings. The molecule has 0 saturated heterocycles. The van der Waals surface area contributed by atoms with Crippen LogP contribution >= 0.6 is 0 Å². The second-order valence-electron chi connectivity index (χ2n) is 10.4. The van der Waals surface area contributed by atoms with Crippen molar-refractivity contribution in [2.24, 2.45) is 0 Å². The molecule has 6 aromatic carbocycles. The summed E-state index contributed by atoms with van der Waals surface area (Å²) in [6.07, 6.45) is 0. The Morgan fingerprint density at radius 3 is 1.02 bits per heavy atom. The van der Waals surface area contributed by atoms with Crippen LogP contribution in [0.25, 0.3) is 11.1 Å². The molecule has 186 valence electrons. The van der Waals surface area contributed by atoms with Crippen molar-refractivity contribution in [3.8, 4) is 34.1 Å². The van der Waals surface area contributed by atoms with Crippen LogP contribution in [0, 0.1) is 0 Å². The Morgan fingerprint density at radius 2 is 0.625 bits per heavy atom. The van der Waals surface area contributed by atoms with Gasteiger partial charge >= 0.3 is 0 Å². The Hall–Kier alpha value is -4.95. The third kappa shape index (κ3) is 3.60. The molecule has 0 spiro atoms. The van der Waals surface area contributed by atoms with Gasteiger partial charge < -0.3 is 9.47 Å². The van der Waals surface area contributed by atoms with E-state index < -0.39 is 0 Å². The maximum atomic E-state index is 6.40. The number of fused-ring (bicyclic) bond motifs is 4. The molecule has 40 heavy (non-hydrogen) atoms. The molecule has 0 N–H and O–H groups in total. The molecule has 0 saturated carbocycles. The quantitative estimate of drug-likeness (QED) is 0.324. The van der Waals surface area contributed by atoms with Crippen molar-refractivity contribution >= 4 is 46.2 Å². The van der Waals surface area contributed by atoms with E-state index in [1.807, 2.05) is 24.3 Å². The molecule has 0 bridgehead atoms. The van der Waals surface area contributed by atoms with Gasteiger partial charge in [-0.3, -0.25) is 0 Å². The van der Waals surface area contributed by atoms with Gasteiger partial charge in [-0.05, 0) is 57.2 Å². The normalized spacial score (nSPS) is 12.8. The first-order valence-electron chi connectivity index (χ1n) is 13.8. The molecule has 0 atom stereocenters. The number of hydrogen-bond donors (Lipinski definition) is 0. The van der Waals surface area contributed by atoms with Gasteiger partial charge in [0.1, 0.15) is 23.0 Å². The smallest absolute Gasteiger partial charge is 0.251 e. The summed E-state index contributed by atoms with van der Waals surface area (Å²) in [5.41, 5.74) is 9.74. The van der Waals surface area contributed by atoms with Gasteiger partial charge in [0.25, 0.3) is 13.4 Å². The van der Waals surface area contributed by atoms with E-state index >= 15 is 0 Å². The number of benzene rings is 6. The lowest BCUT2D eigenvalue weighted by molar-refractivity contribution is 0.487. The van der Waals surface area contributed by atoms with Crippen molar-refractivity contribution in [3.05, 3.63) is 146 Å². The summed E-state index contributed by atoms with van der Waals surface area (Å²) < 4.78 is 12.8. The fourth-order valence-electron chi connectivity index (χ4n) is 6.50. The van der Waals surface area contributed by atoms with Crippen LogP contribution < -0.4 is 42.3 Å². The van der Waals surface area contributed by atoms with E-state index in [-0.39, 0.29) is 13.4 Å². The van der Waals surface area contributed by atoms with Crippen LogP contribution in [-0.4, -0.2) is 13.4 Å². The molecule has 0 aromatic heterocycles. The fraction of sp³-hybridized carbons (Fsp3) is 0. The van der Waals surface area contributed by atoms with Crippen LogP contribution in [-0.2, 0) is 0 Å². The predicted molar refractivity (Wildman–Crippen MR) is 167 cm³/mol. The summed E-state index contributed by atoms with van der Waals surface area (Å²) in [6.45, 7) is 0.0586. The largest absolute Gasteiger partial charge is 0.458 e. The van der Waals surface area contributed by atoms with Gasteiger partial charge in [0, 0.05) is 0 Å². The maximum Gasteiger partial charge on any atom is 0.251 e. The minimum absolute atomic E-state index is 0.0293. The molecule has 0 radical (unpaired) electrons. The van der Waals surface area contributed by atoms with Crippen LogP contribution in [0.2, 0.25) is 0 Å². The summed E-state index contributed by atoms with van der Waals surface area (Å²) in [5.74, 6) is 3.66. The summed E-state index contributed by atoms with van der Waals surface area (Å²) in [7, 11) is 0. The summed E-state index contributed by atoms with van der Waals surface area (Å²) in [6, 6.07) is 51.4. The van der Waals surface area contributed by atoms with E-state index in [0.29, 0.717) is 0 Å². The average Bonchev–Trinajstić information content (AvgIpc) is 3.02. The van der Waals surface area contributed by atoms with Crippen molar-refractivity contribution in [1.82, 2.24) is 0 Å². The zero-order valence-electron chi connectivity index (χ0n) is 21.8. The molecule has 0 amide bonds. The first-order valence-corrected chi connectivity index (χ1v) is 13.8. The van der Waals surface area contributed by atoms with Crippen LogP contribution in [0.1, 0.15) is 0 Å². The third-order valence-corrected chi connectivity index (χ3v) is 8.17. The summed E-state index contributed by atoms with van der Waals surface area (Å²) in [4.78, 5) is 0. The zero-order valence-corrected chi connectivity index (χ0v) is 21.8. The van der Waals surface area contributed by atoms with E-state index in [2.05, 4.69) is 121 Å². The van der Waals surface area contributed by atoms with E-state index in [0.717, 1.165) is 23.0 Å². The second kappa shape index (κ2) is 9.36. The Kier molecular flexibility index (Phi) is 5.38. The fourth-order valence-corrected chi connectivity index (χ4v) is 6.50. The van der Waals surface area contributed by atoms with E-state index in [9.17, 15) is 0 Å². The lowest BCUT2D eigenvalue weighted by atomic mass is 9.31. The molecule has 4 heteroatoms. The second-order valence-corrected chi connectivity index (χ2v) is 10.4. The Labute approximate surface area is 235 Å². The molecule has 6 aromatic rings. The lowest BCUT2D eigenvalue weighted by Crippen LogP contribution is -2.60. The lowest BCUT2D eigenvalue weighted by Gasteiger charge is -2.31. The van der Waals surface area contributed by atoms with Crippen molar-refractivity contribution < 1.29 is 9.47 Å². The van der Waals surface area contributed by atoms with E-state index in [1.165, 1.54) is 43.9 Å². The molecule has 8 rings (SSSR count). The first-order chi connectivity index (χ1) is 19.9. The van der Waals surface area contributed by atoms with Gasteiger partial charge in [0.15, 0.2) is 0 Å². The van der Waals surface area contributed by atoms with Gasteiger partial charge in [-0.1, -0.05) is 132 Å². The van der Waals surface area contributed by atoms with E-state index in [1.54, 1.807) is 0 Å². The van der Waals surface area contributed by atoms with Crippen molar-refractivity contribution in [2.45, 2.75) is 0 Å². The van der Waals surface area contributed by atoms with Crippen molar-refractivity contribution in [3.63, 3.8) is 0 Å². The highest BCUT2D eigenvalue weighted by atomic mass is 16.5. The molecule has 2 heterocycles. The Morgan fingerprint density at radius 1 is 0.300 bits per heavy atom. The highest BCUT2D eigenvalue weighted by Gasteiger charge is 2.38. The summed E-state index contributed by atoms with van der Waals surface area (Å²) in [5, 5.41) is 0. The van der Waals surface area contributed by atoms with Crippen molar-refractivity contribution in [1.29, 1.82) is 0 Å². The molecule has 2 aliphatic heterocycles. The minimum atomic E-state index is 0.0293. The standard InChI is InChI=1S/C36H24B2O2/c1-2-13-25(14-3-1)36-30(37-26-15-4-8-21-32(26)39-33-22-9-5-16-27(33)37)19-12-20-31(36)38-28-17-6-10-23-34(28)40-35-24-11-7-18-29(35)38/h1-24H. The molecule has 0 aliphatic carbocycles. The minimum Gasteiger partial charge on any atom is -0.458 e. The van der Waals surface area contributed by atoms with Crippen molar-refractivity contribution in [2.75, 3.05) is 0 Å². The summed E-state index contributed by atoms with van der Waals surface area (Å²) >= 11 is 0. The average molecular weight is 510 g/mol. The predicted octanol–water partition coefficient (Wildman–Crippen LogP) is 4.60. The van der Waals surface area contributed by atoms with Gasteiger partial charge in [-0.25, -0.2) is 0 Å². The number of ether oxygens (including phenoxy) is 2. The van der Waals surface area contributed by atoms with Gasteiger partial charge in [-0.15, -0.1) is 0 Å². The number of rotatable bonds is 3. The molecule has 0 fully saturated rings. The van der Waals surface area contributed by atoms with Crippen LogP contribution in [0.4, 0.5) is 0 Å². The number of hydrogen-bond acceptors (Lipinski definition) is 2. The molecular weight excluding hydrogens is 486 g/mol. The Bertz CT molecular complexity index is 1680. The molecule has 0 unspecified atom stereocenters. The highest BCUT2D eigenvalue weighted by molar-refractivity contribution is 7.00. The van der Waals surface area contributed by atoms with Crippen LogP contribution in [0.15, 0.2) is 146 Å². The van der Waals surface area contributed by atoms with Gasteiger partial charge in [0.2, 0.25) is 0 Å². The Balaban J connectivity index is 1.45. The third-order valence-electron chi connectivity index (χ3n) is 8.17. The topological polar surface area (TPSA) is 18.5 Å².